The molecule has 0 spiro atoms. The molecule has 118 valence electrons. The second-order valence-electron chi connectivity index (χ2n) is 5.30. The molecule has 2 heterocycles. The molecule has 0 fully saturated rings. The van der Waals surface area contributed by atoms with Gasteiger partial charge in [-0.3, -0.25) is 4.98 Å². The van der Waals surface area contributed by atoms with Crippen LogP contribution in [0.1, 0.15) is 12.8 Å². The van der Waals surface area contributed by atoms with Crippen molar-refractivity contribution in [1.82, 2.24) is 9.97 Å². The second-order valence-corrected chi connectivity index (χ2v) is 5.73. The number of nitrogens with zero attached hydrogens (tertiary/aromatic N) is 2. The lowest BCUT2D eigenvalue weighted by molar-refractivity contribution is 0.794. The predicted molar refractivity (Wildman–Crippen MR) is 97.2 cm³/mol. The summed E-state index contributed by atoms with van der Waals surface area (Å²) in [5.41, 5.74) is 2.02. The third-order valence-electron chi connectivity index (χ3n) is 3.59. The van der Waals surface area contributed by atoms with Gasteiger partial charge in [0, 0.05) is 41.6 Å². The number of fused-ring (bicyclic) bond motifs is 1. The summed E-state index contributed by atoms with van der Waals surface area (Å²) in [7, 11) is 0. The average Bonchev–Trinajstić information content (AvgIpc) is 2.58. The maximum absolute atomic E-state index is 6.01. The van der Waals surface area contributed by atoms with Crippen molar-refractivity contribution in [2.24, 2.45) is 0 Å². The largest absolute Gasteiger partial charge is 0.384 e. The van der Waals surface area contributed by atoms with Crippen molar-refractivity contribution in [3.63, 3.8) is 0 Å². The van der Waals surface area contributed by atoms with E-state index in [0.717, 1.165) is 48.3 Å². The molecular formula is C18H19ClN4. The molecule has 0 saturated carbocycles. The van der Waals surface area contributed by atoms with E-state index in [-0.39, 0.29) is 0 Å². The summed E-state index contributed by atoms with van der Waals surface area (Å²) in [6, 6.07) is 13.7. The first kappa shape index (κ1) is 15.6. The summed E-state index contributed by atoms with van der Waals surface area (Å²) in [5, 5.41) is 8.61. The zero-order valence-corrected chi connectivity index (χ0v) is 13.6. The lowest BCUT2D eigenvalue weighted by Crippen LogP contribution is -2.07. The van der Waals surface area contributed by atoms with Gasteiger partial charge < -0.3 is 10.6 Å². The number of benzene rings is 1. The van der Waals surface area contributed by atoms with Gasteiger partial charge in [-0.05, 0) is 49.2 Å². The van der Waals surface area contributed by atoms with E-state index in [2.05, 4.69) is 20.6 Å². The van der Waals surface area contributed by atoms with Gasteiger partial charge in [0.25, 0.3) is 0 Å². The Kier molecular flexibility index (Phi) is 5.27. The standard InChI is InChI=1S/C18H19ClN4/c19-14-6-7-15-16(8-12-21-17(15)13-14)20-9-3-4-11-23-18-5-1-2-10-22-18/h1-2,5-8,10,12-13H,3-4,9,11H2,(H,20,21)(H,22,23). The molecule has 3 rings (SSSR count). The molecule has 0 saturated heterocycles. The van der Waals surface area contributed by atoms with Gasteiger partial charge in [0.15, 0.2) is 0 Å². The van der Waals surface area contributed by atoms with Crippen LogP contribution in [0.5, 0.6) is 0 Å². The summed E-state index contributed by atoms with van der Waals surface area (Å²) in [4.78, 5) is 8.59. The van der Waals surface area contributed by atoms with Crippen molar-refractivity contribution < 1.29 is 0 Å². The summed E-state index contributed by atoms with van der Waals surface area (Å²) in [6.07, 6.45) is 5.77. The fourth-order valence-corrected chi connectivity index (χ4v) is 2.60. The molecule has 0 unspecified atom stereocenters. The topological polar surface area (TPSA) is 49.8 Å². The van der Waals surface area contributed by atoms with E-state index in [9.17, 15) is 0 Å². The number of aromatic nitrogens is 2. The van der Waals surface area contributed by atoms with E-state index in [1.165, 1.54) is 0 Å². The van der Waals surface area contributed by atoms with E-state index in [4.69, 9.17) is 11.6 Å². The van der Waals surface area contributed by atoms with Crippen LogP contribution in [0.15, 0.2) is 54.9 Å². The van der Waals surface area contributed by atoms with Gasteiger partial charge in [-0.15, -0.1) is 0 Å². The molecule has 2 N–H and O–H groups in total. The molecule has 2 aromatic heterocycles. The average molecular weight is 327 g/mol. The molecule has 4 nitrogen and oxygen atoms in total. The molecule has 3 aromatic rings. The van der Waals surface area contributed by atoms with E-state index in [1.54, 1.807) is 6.20 Å². The highest BCUT2D eigenvalue weighted by molar-refractivity contribution is 6.31. The smallest absolute Gasteiger partial charge is 0.125 e. The van der Waals surface area contributed by atoms with Gasteiger partial charge in [0.2, 0.25) is 0 Å². The SMILES string of the molecule is Clc1ccc2c(NCCCCNc3ccccn3)ccnc2c1. The quantitative estimate of drug-likeness (QED) is 0.624. The Bertz CT molecular complexity index is 761. The highest BCUT2D eigenvalue weighted by Gasteiger charge is 2.02. The van der Waals surface area contributed by atoms with Crippen molar-refractivity contribution >= 4 is 34.0 Å². The van der Waals surface area contributed by atoms with Crippen molar-refractivity contribution in [2.45, 2.75) is 12.8 Å². The monoisotopic (exact) mass is 326 g/mol. The molecule has 1 aromatic carbocycles. The zero-order valence-electron chi connectivity index (χ0n) is 12.8. The summed E-state index contributed by atoms with van der Waals surface area (Å²) in [6.45, 7) is 1.84. The van der Waals surface area contributed by atoms with Gasteiger partial charge in [0.1, 0.15) is 5.82 Å². The number of rotatable bonds is 7. The first-order chi connectivity index (χ1) is 11.3. The normalized spacial score (nSPS) is 10.7. The Labute approximate surface area is 140 Å². The van der Waals surface area contributed by atoms with Crippen LogP contribution < -0.4 is 10.6 Å². The van der Waals surface area contributed by atoms with Crippen LogP contribution in [0.25, 0.3) is 10.9 Å². The molecule has 0 aliphatic heterocycles. The van der Waals surface area contributed by atoms with Crippen molar-refractivity contribution in [3.05, 3.63) is 59.9 Å². The summed E-state index contributed by atoms with van der Waals surface area (Å²) >= 11 is 6.01. The van der Waals surface area contributed by atoms with Gasteiger partial charge in [-0.1, -0.05) is 17.7 Å². The highest BCUT2D eigenvalue weighted by atomic mass is 35.5. The Morgan fingerprint density at radius 1 is 0.870 bits per heavy atom. The molecule has 0 bridgehead atoms. The van der Waals surface area contributed by atoms with Gasteiger partial charge >= 0.3 is 0 Å². The molecule has 0 atom stereocenters. The van der Waals surface area contributed by atoms with Gasteiger partial charge in [0.05, 0.1) is 5.52 Å². The number of pyridine rings is 2. The van der Waals surface area contributed by atoms with Crippen LogP contribution in [0.3, 0.4) is 0 Å². The van der Waals surface area contributed by atoms with Crippen LogP contribution >= 0.6 is 11.6 Å². The molecule has 0 aliphatic rings. The van der Waals surface area contributed by atoms with Crippen molar-refractivity contribution in [2.75, 3.05) is 23.7 Å². The fraction of sp³-hybridized carbons (Fsp3) is 0.222. The van der Waals surface area contributed by atoms with Gasteiger partial charge in [-0.2, -0.15) is 0 Å². The maximum Gasteiger partial charge on any atom is 0.125 e. The van der Waals surface area contributed by atoms with Crippen molar-refractivity contribution in [3.8, 4) is 0 Å². The van der Waals surface area contributed by atoms with Crippen LogP contribution in [-0.4, -0.2) is 23.1 Å². The third kappa shape index (κ3) is 4.33. The minimum absolute atomic E-state index is 0.711. The van der Waals surface area contributed by atoms with Crippen LogP contribution in [-0.2, 0) is 0 Å². The Morgan fingerprint density at radius 3 is 2.57 bits per heavy atom. The Balaban J connectivity index is 1.46. The highest BCUT2D eigenvalue weighted by Crippen LogP contribution is 2.24. The fourth-order valence-electron chi connectivity index (χ4n) is 2.43. The summed E-state index contributed by atoms with van der Waals surface area (Å²) < 4.78 is 0. The molecule has 5 heteroatoms. The number of nitrogens with one attached hydrogen (secondary N) is 2. The predicted octanol–water partition coefficient (Wildman–Crippen LogP) is 4.59. The number of hydrogen-bond donors (Lipinski definition) is 2. The van der Waals surface area contributed by atoms with Crippen LogP contribution in [0, 0.1) is 0 Å². The number of anilines is 2. The van der Waals surface area contributed by atoms with E-state index < -0.39 is 0 Å². The Hall–Kier alpha value is -2.33. The second kappa shape index (κ2) is 7.79. The molecule has 0 radical (unpaired) electrons. The summed E-state index contributed by atoms with van der Waals surface area (Å²) in [5.74, 6) is 0.928. The first-order valence-electron chi connectivity index (χ1n) is 7.76. The van der Waals surface area contributed by atoms with Crippen molar-refractivity contribution in [1.29, 1.82) is 0 Å². The Morgan fingerprint density at radius 2 is 1.74 bits per heavy atom. The lowest BCUT2D eigenvalue weighted by atomic mass is 10.2. The minimum Gasteiger partial charge on any atom is -0.384 e. The van der Waals surface area contributed by atoms with E-state index in [0.29, 0.717) is 5.02 Å². The van der Waals surface area contributed by atoms with Crippen LogP contribution in [0.2, 0.25) is 5.02 Å². The molecule has 0 amide bonds. The number of unbranched alkanes of at least 4 members (excludes halogenated alkanes) is 1. The zero-order chi connectivity index (χ0) is 15.9. The first-order valence-corrected chi connectivity index (χ1v) is 8.14. The van der Waals surface area contributed by atoms with E-state index >= 15 is 0 Å². The maximum atomic E-state index is 6.01. The molecule has 23 heavy (non-hydrogen) atoms. The number of hydrogen-bond acceptors (Lipinski definition) is 4. The third-order valence-corrected chi connectivity index (χ3v) is 3.83. The molecule has 0 aliphatic carbocycles. The van der Waals surface area contributed by atoms with E-state index in [1.807, 2.05) is 48.7 Å². The minimum atomic E-state index is 0.711. The lowest BCUT2D eigenvalue weighted by Gasteiger charge is -2.10. The van der Waals surface area contributed by atoms with Crippen LogP contribution in [0.4, 0.5) is 11.5 Å². The van der Waals surface area contributed by atoms with Gasteiger partial charge in [-0.25, -0.2) is 4.98 Å². The molecular weight excluding hydrogens is 308 g/mol. The number of halogens is 1.